The molecule has 24 heavy (non-hydrogen) atoms. The van der Waals surface area contributed by atoms with Crippen molar-refractivity contribution in [2.24, 2.45) is 7.05 Å². The molecule has 0 aliphatic carbocycles. The molecule has 0 spiro atoms. The van der Waals surface area contributed by atoms with E-state index in [0.717, 1.165) is 0 Å². The van der Waals surface area contributed by atoms with E-state index in [9.17, 15) is 8.78 Å². The van der Waals surface area contributed by atoms with Crippen LogP contribution in [0.25, 0.3) is 22.3 Å². The smallest absolute Gasteiger partial charge is 0.264 e. The quantitative estimate of drug-likeness (QED) is 0.726. The number of ether oxygens (including phenoxy) is 2. The number of hydrogen-bond acceptors (Lipinski definition) is 4. The van der Waals surface area contributed by atoms with E-state index >= 15 is 0 Å². The Morgan fingerprint density at radius 1 is 1.08 bits per heavy atom. The first kappa shape index (κ1) is 16.2. The van der Waals surface area contributed by atoms with Gasteiger partial charge in [-0.2, -0.15) is 5.10 Å². The van der Waals surface area contributed by atoms with Crippen molar-refractivity contribution in [2.45, 2.75) is 13.3 Å². The van der Waals surface area contributed by atoms with Gasteiger partial charge in [-0.3, -0.25) is 4.68 Å². The zero-order chi connectivity index (χ0) is 17.4. The second-order valence-electron chi connectivity index (χ2n) is 5.37. The lowest BCUT2D eigenvalue weighted by atomic mass is 10.1. The number of aryl methyl sites for hydroxylation is 2. The summed E-state index contributed by atoms with van der Waals surface area (Å²) in [4.78, 5) is 4.51. The van der Waals surface area contributed by atoms with Gasteiger partial charge in [0.1, 0.15) is 0 Å². The second-order valence-corrected chi connectivity index (χ2v) is 5.37. The van der Waals surface area contributed by atoms with Gasteiger partial charge in [0.15, 0.2) is 17.1 Å². The van der Waals surface area contributed by atoms with Crippen LogP contribution >= 0.6 is 0 Å². The average Bonchev–Trinajstić information content (AvgIpc) is 2.87. The zero-order valence-electron chi connectivity index (χ0n) is 13.8. The van der Waals surface area contributed by atoms with Crippen LogP contribution in [0.2, 0.25) is 0 Å². The molecule has 0 aliphatic heterocycles. The normalized spacial score (nSPS) is 11.3. The van der Waals surface area contributed by atoms with Crippen molar-refractivity contribution in [3.8, 4) is 22.8 Å². The van der Waals surface area contributed by atoms with E-state index in [1.807, 2.05) is 0 Å². The number of rotatable bonds is 4. The molecular formula is C17H17F2N3O2. The Bertz CT molecular complexity index is 906. The number of halogens is 2. The molecule has 126 valence electrons. The number of alkyl halides is 2. The van der Waals surface area contributed by atoms with Crippen LogP contribution in [0.5, 0.6) is 11.5 Å². The summed E-state index contributed by atoms with van der Waals surface area (Å²) in [6.45, 7) is 1.70. The lowest BCUT2D eigenvalue weighted by molar-refractivity contribution is 0.153. The van der Waals surface area contributed by atoms with Gasteiger partial charge in [-0.15, -0.1) is 0 Å². The molecular weight excluding hydrogens is 316 g/mol. The number of hydrogen-bond donors (Lipinski definition) is 0. The monoisotopic (exact) mass is 333 g/mol. The van der Waals surface area contributed by atoms with Crippen molar-refractivity contribution in [2.75, 3.05) is 14.2 Å². The Balaban J connectivity index is 2.25. The van der Waals surface area contributed by atoms with Gasteiger partial charge >= 0.3 is 0 Å². The highest BCUT2D eigenvalue weighted by atomic mass is 19.3. The minimum atomic E-state index is -2.61. The van der Waals surface area contributed by atoms with Crippen LogP contribution in [0.3, 0.4) is 0 Å². The van der Waals surface area contributed by atoms with Crippen molar-refractivity contribution in [3.63, 3.8) is 0 Å². The number of methoxy groups -OCH3 is 2. The number of fused-ring (bicyclic) bond motifs is 1. The van der Waals surface area contributed by atoms with E-state index < -0.39 is 6.43 Å². The Kier molecular flexibility index (Phi) is 4.09. The summed E-state index contributed by atoms with van der Waals surface area (Å²) < 4.78 is 39.1. The highest BCUT2D eigenvalue weighted by Gasteiger charge is 2.20. The molecule has 0 amide bonds. The van der Waals surface area contributed by atoms with Gasteiger partial charge in [-0.1, -0.05) is 0 Å². The van der Waals surface area contributed by atoms with Crippen LogP contribution in [0.1, 0.15) is 17.7 Å². The number of aromatic nitrogens is 3. The molecule has 0 unspecified atom stereocenters. The largest absolute Gasteiger partial charge is 0.493 e. The summed E-state index contributed by atoms with van der Waals surface area (Å²) in [6.07, 6.45) is -2.61. The van der Waals surface area contributed by atoms with Crippen molar-refractivity contribution in [1.29, 1.82) is 0 Å². The maximum absolute atomic E-state index is 13.5. The Morgan fingerprint density at radius 2 is 1.79 bits per heavy atom. The minimum Gasteiger partial charge on any atom is -0.493 e. The van der Waals surface area contributed by atoms with Crippen molar-refractivity contribution in [3.05, 3.63) is 35.5 Å². The highest BCUT2D eigenvalue weighted by molar-refractivity contribution is 5.85. The number of pyridine rings is 1. The zero-order valence-corrected chi connectivity index (χ0v) is 13.8. The Morgan fingerprint density at radius 3 is 2.42 bits per heavy atom. The molecule has 0 bridgehead atoms. The second kappa shape index (κ2) is 6.07. The number of nitrogens with zero attached hydrogens (tertiary/aromatic N) is 3. The van der Waals surface area contributed by atoms with Crippen molar-refractivity contribution in [1.82, 2.24) is 14.8 Å². The molecule has 5 nitrogen and oxygen atoms in total. The average molecular weight is 333 g/mol. The van der Waals surface area contributed by atoms with E-state index in [-0.39, 0.29) is 5.56 Å². The molecule has 0 aliphatic rings. The van der Waals surface area contributed by atoms with Gasteiger partial charge in [-0.05, 0) is 31.2 Å². The molecule has 0 radical (unpaired) electrons. The van der Waals surface area contributed by atoms with E-state index in [1.54, 1.807) is 32.2 Å². The summed E-state index contributed by atoms with van der Waals surface area (Å²) in [5.74, 6) is 1.07. The third-order valence-electron chi connectivity index (χ3n) is 3.91. The first-order valence-corrected chi connectivity index (χ1v) is 7.31. The van der Waals surface area contributed by atoms with Gasteiger partial charge < -0.3 is 9.47 Å². The first-order valence-electron chi connectivity index (χ1n) is 7.31. The lowest BCUT2D eigenvalue weighted by Crippen LogP contribution is -1.97. The highest BCUT2D eigenvalue weighted by Crippen LogP contribution is 2.35. The predicted molar refractivity (Wildman–Crippen MR) is 86.7 cm³/mol. The van der Waals surface area contributed by atoms with E-state index in [2.05, 4.69) is 10.1 Å². The number of benzene rings is 1. The lowest BCUT2D eigenvalue weighted by Gasteiger charge is -2.11. The van der Waals surface area contributed by atoms with Gasteiger partial charge in [0.05, 0.1) is 31.0 Å². The maximum Gasteiger partial charge on any atom is 0.264 e. The van der Waals surface area contributed by atoms with Gasteiger partial charge in [-0.25, -0.2) is 13.8 Å². The SMILES string of the molecule is COc1ccc(-c2cc(C(F)F)c3c(C)nn(C)c3n2)cc1OC. The fraction of sp³-hybridized carbons (Fsp3) is 0.294. The van der Waals surface area contributed by atoms with E-state index in [4.69, 9.17) is 9.47 Å². The van der Waals surface area contributed by atoms with E-state index in [1.165, 1.54) is 25.0 Å². The van der Waals surface area contributed by atoms with Gasteiger partial charge in [0.25, 0.3) is 6.43 Å². The molecule has 0 saturated heterocycles. The molecule has 2 aromatic heterocycles. The van der Waals surface area contributed by atoms with Crippen LogP contribution in [0.4, 0.5) is 8.78 Å². The Hall–Kier alpha value is -2.70. The minimum absolute atomic E-state index is 0.0737. The van der Waals surface area contributed by atoms with Gasteiger partial charge in [0.2, 0.25) is 0 Å². The van der Waals surface area contributed by atoms with Crippen LogP contribution in [0.15, 0.2) is 24.3 Å². The third-order valence-corrected chi connectivity index (χ3v) is 3.91. The molecule has 0 atom stereocenters. The summed E-state index contributed by atoms with van der Waals surface area (Å²) in [6, 6.07) is 6.60. The molecule has 3 rings (SSSR count). The van der Waals surface area contributed by atoms with Crippen LogP contribution in [-0.4, -0.2) is 29.0 Å². The summed E-state index contributed by atoms with van der Waals surface area (Å²) in [7, 11) is 4.75. The topological polar surface area (TPSA) is 49.2 Å². The summed E-state index contributed by atoms with van der Waals surface area (Å²) in [5, 5.41) is 4.61. The molecule has 2 heterocycles. The van der Waals surface area contributed by atoms with Crippen LogP contribution in [-0.2, 0) is 7.05 Å². The standard InChI is InChI=1S/C17H17F2N3O2/c1-9-15-11(16(18)19)8-12(20-17(15)22(2)21-9)10-5-6-13(23-3)14(7-10)24-4/h5-8,16H,1-4H3. The van der Waals surface area contributed by atoms with E-state index in [0.29, 0.717) is 39.5 Å². The maximum atomic E-state index is 13.5. The van der Waals surface area contributed by atoms with Crippen LogP contribution in [0, 0.1) is 6.92 Å². The van der Waals surface area contributed by atoms with Crippen molar-refractivity contribution >= 4 is 11.0 Å². The predicted octanol–water partition coefficient (Wildman–Crippen LogP) is 3.90. The fourth-order valence-corrected chi connectivity index (χ4v) is 2.79. The molecule has 0 N–H and O–H groups in total. The summed E-state index contributed by atoms with van der Waals surface area (Å²) in [5.41, 5.74) is 1.98. The van der Waals surface area contributed by atoms with Crippen molar-refractivity contribution < 1.29 is 18.3 Å². The molecule has 3 aromatic rings. The third kappa shape index (κ3) is 2.55. The van der Waals surface area contributed by atoms with Crippen LogP contribution < -0.4 is 9.47 Å². The molecule has 7 heteroatoms. The Labute approximate surface area is 137 Å². The summed E-state index contributed by atoms with van der Waals surface area (Å²) >= 11 is 0. The molecule has 0 fully saturated rings. The van der Waals surface area contributed by atoms with Gasteiger partial charge in [0, 0.05) is 18.2 Å². The fourth-order valence-electron chi connectivity index (χ4n) is 2.79. The molecule has 1 aromatic carbocycles. The first-order chi connectivity index (χ1) is 11.5. The molecule has 0 saturated carbocycles.